The lowest BCUT2D eigenvalue weighted by Gasteiger charge is -2.11. The number of H-pyrrole nitrogens is 1. The molecule has 0 saturated carbocycles. The summed E-state index contributed by atoms with van der Waals surface area (Å²) in [7, 11) is 0. The van der Waals surface area contributed by atoms with Crippen LogP contribution in [0.1, 0.15) is 5.56 Å². The topological polar surface area (TPSA) is 63.7 Å². The van der Waals surface area contributed by atoms with Crippen LogP contribution in [-0.2, 0) is 6.61 Å². The van der Waals surface area contributed by atoms with E-state index in [-0.39, 0.29) is 0 Å². The molecule has 21 heavy (non-hydrogen) atoms. The third kappa shape index (κ3) is 3.30. The first kappa shape index (κ1) is 14.2. The number of tetrazole rings is 1. The van der Waals surface area contributed by atoms with E-state index in [1.165, 1.54) is 0 Å². The normalized spacial score (nSPS) is 10.6. The van der Waals surface area contributed by atoms with Crippen LogP contribution in [0.15, 0.2) is 51.4 Å². The number of hydrogen-bond acceptors (Lipinski definition) is 4. The van der Waals surface area contributed by atoms with E-state index in [4.69, 9.17) is 4.74 Å². The summed E-state index contributed by atoms with van der Waals surface area (Å²) in [5, 5.41) is 13.9. The molecule has 0 aliphatic heterocycles. The minimum Gasteiger partial charge on any atom is -0.487 e. The average Bonchev–Trinajstić information content (AvgIpc) is 3.01. The van der Waals surface area contributed by atoms with Crippen molar-refractivity contribution in [3.8, 4) is 17.1 Å². The number of benzene rings is 2. The molecule has 0 bridgehead atoms. The van der Waals surface area contributed by atoms with Gasteiger partial charge in [-0.3, -0.25) is 0 Å². The van der Waals surface area contributed by atoms with Crippen LogP contribution in [0.25, 0.3) is 11.4 Å². The molecule has 2 aromatic carbocycles. The van der Waals surface area contributed by atoms with Crippen LogP contribution in [0.4, 0.5) is 0 Å². The maximum absolute atomic E-state index is 5.87. The maximum atomic E-state index is 5.87. The molecule has 1 heterocycles. The summed E-state index contributed by atoms with van der Waals surface area (Å²) >= 11 is 7.03. The zero-order valence-corrected chi connectivity index (χ0v) is 13.9. The smallest absolute Gasteiger partial charge is 0.204 e. The number of aromatic nitrogens is 4. The van der Waals surface area contributed by atoms with Gasteiger partial charge in [0.25, 0.3) is 0 Å². The Morgan fingerprint density at radius 1 is 1.05 bits per heavy atom. The van der Waals surface area contributed by atoms with Gasteiger partial charge < -0.3 is 4.74 Å². The number of rotatable bonds is 4. The van der Waals surface area contributed by atoms with Gasteiger partial charge in [0.15, 0.2) is 0 Å². The largest absolute Gasteiger partial charge is 0.487 e. The lowest BCUT2D eigenvalue weighted by Crippen LogP contribution is -1.97. The average molecular weight is 410 g/mol. The van der Waals surface area contributed by atoms with E-state index in [1.807, 2.05) is 42.5 Å². The molecule has 0 fully saturated rings. The molecule has 0 aliphatic rings. The van der Waals surface area contributed by atoms with Crippen LogP contribution < -0.4 is 4.74 Å². The van der Waals surface area contributed by atoms with Crippen LogP contribution in [-0.4, -0.2) is 20.6 Å². The lowest BCUT2D eigenvalue weighted by atomic mass is 10.2. The highest BCUT2D eigenvalue weighted by atomic mass is 79.9. The van der Waals surface area contributed by atoms with Gasteiger partial charge in [-0.05, 0) is 54.8 Å². The highest BCUT2D eigenvalue weighted by Gasteiger charge is 2.12. The SMILES string of the molecule is Brc1cc(-c2nn[nH]n2)cc(Br)c1OCc1ccccc1. The van der Waals surface area contributed by atoms with Gasteiger partial charge in [0.05, 0.1) is 8.95 Å². The van der Waals surface area contributed by atoms with Crippen molar-refractivity contribution in [1.82, 2.24) is 20.6 Å². The van der Waals surface area contributed by atoms with E-state index in [2.05, 4.69) is 52.5 Å². The predicted octanol–water partition coefficient (Wildman–Crippen LogP) is 3.97. The van der Waals surface area contributed by atoms with Crippen molar-refractivity contribution in [2.45, 2.75) is 6.61 Å². The van der Waals surface area contributed by atoms with Gasteiger partial charge in [-0.25, -0.2) is 0 Å². The van der Waals surface area contributed by atoms with Crippen LogP contribution in [0.3, 0.4) is 0 Å². The van der Waals surface area contributed by atoms with Gasteiger partial charge in [-0.2, -0.15) is 5.21 Å². The summed E-state index contributed by atoms with van der Waals surface area (Å²) in [6, 6.07) is 13.8. The number of hydrogen-bond donors (Lipinski definition) is 1. The second kappa shape index (κ2) is 6.36. The van der Waals surface area contributed by atoms with E-state index in [9.17, 15) is 0 Å². The van der Waals surface area contributed by atoms with E-state index in [0.717, 1.165) is 25.8 Å². The van der Waals surface area contributed by atoms with Gasteiger partial charge in [0.1, 0.15) is 12.4 Å². The van der Waals surface area contributed by atoms with Crippen molar-refractivity contribution in [3.63, 3.8) is 0 Å². The van der Waals surface area contributed by atoms with Crippen LogP contribution in [0.5, 0.6) is 5.75 Å². The number of halogens is 2. The summed E-state index contributed by atoms with van der Waals surface area (Å²) in [4.78, 5) is 0. The molecule has 5 nitrogen and oxygen atoms in total. The van der Waals surface area contributed by atoms with Gasteiger partial charge in [-0.1, -0.05) is 30.3 Å². The van der Waals surface area contributed by atoms with E-state index >= 15 is 0 Å². The molecule has 3 aromatic rings. The highest BCUT2D eigenvalue weighted by molar-refractivity contribution is 9.11. The molecular formula is C14H10Br2N4O. The lowest BCUT2D eigenvalue weighted by molar-refractivity contribution is 0.302. The zero-order valence-electron chi connectivity index (χ0n) is 10.8. The standard InChI is InChI=1S/C14H10Br2N4O/c15-11-6-10(14-17-19-20-18-14)7-12(16)13(11)21-8-9-4-2-1-3-5-9/h1-7H,8H2,(H,17,18,19,20). The van der Waals surface area contributed by atoms with Crippen LogP contribution in [0, 0.1) is 0 Å². The second-order valence-electron chi connectivity index (χ2n) is 4.28. The fourth-order valence-corrected chi connectivity index (χ4v) is 3.26. The molecule has 1 aromatic heterocycles. The first-order valence-electron chi connectivity index (χ1n) is 6.13. The van der Waals surface area contributed by atoms with Crippen molar-refractivity contribution >= 4 is 31.9 Å². The van der Waals surface area contributed by atoms with Crippen molar-refractivity contribution in [3.05, 3.63) is 57.0 Å². The molecule has 106 valence electrons. The molecule has 0 saturated heterocycles. The maximum Gasteiger partial charge on any atom is 0.204 e. The van der Waals surface area contributed by atoms with E-state index in [0.29, 0.717) is 12.4 Å². The molecule has 7 heteroatoms. The Morgan fingerprint density at radius 3 is 2.38 bits per heavy atom. The third-order valence-corrected chi connectivity index (χ3v) is 4.01. The number of nitrogens with zero attached hydrogens (tertiary/aromatic N) is 3. The Balaban J connectivity index is 1.83. The number of nitrogens with one attached hydrogen (secondary N) is 1. The molecule has 1 N–H and O–H groups in total. The van der Waals surface area contributed by atoms with Gasteiger partial charge in [0.2, 0.25) is 5.82 Å². The third-order valence-electron chi connectivity index (χ3n) is 2.83. The molecule has 0 atom stereocenters. The fourth-order valence-electron chi connectivity index (χ4n) is 1.84. The van der Waals surface area contributed by atoms with Crippen molar-refractivity contribution in [1.29, 1.82) is 0 Å². The molecule has 0 aliphatic carbocycles. The van der Waals surface area contributed by atoms with Crippen molar-refractivity contribution in [2.24, 2.45) is 0 Å². The molecular weight excluding hydrogens is 400 g/mol. The van der Waals surface area contributed by atoms with E-state index < -0.39 is 0 Å². The summed E-state index contributed by atoms with van der Waals surface area (Å²) in [6.45, 7) is 0.500. The van der Waals surface area contributed by atoms with E-state index in [1.54, 1.807) is 0 Å². The zero-order chi connectivity index (χ0) is 14.7. The Bertz CT molecular complexity index is 709. The molecule has 0 spiro atoms. The first-order valence-corrected chi connectivity index (χ1v) is 7.72. The van der Waals surface area contributed by atoms with Crippen LogP contribution in [0.2, 0.25) is 0 Å². The summed E-state index contributed by atoms with van der Waals surface area (Å²) in [6.07, 6.45) is 0. The molecule has 3 rings (SSSR count). The Kier molecular flexibility index (Phi) is 4.31. The second-order valence-corrected chi connectivity index (χ2v) is 5.99. The predicted molar refractivity (Wildman–Crippen MR) is 85.8 cm³/mol. The van der Waals surface area contributed by atoms with Gasteiger partial charge >= 0.3 is 0 Å². The summed E-state index contributed by atoms with van der Waals surface area (Å²) in [5.41, 5.74) is 1.95. The Labute approximate surface area is 138 Å². The minimum atomic E-state index is 0.500. The minimum absolute atomic E-state index is 0.500. The monoisotopic (exact) mass is 408 g/mol. The fraction of sp³-hybridized carbons (Fsp3) is 0.0714. The van der Waals surface area contributed by atoms with Gasteiger partial charge in [-0.15, -0.1) is 10.2 Å². The molecule has 0 radical (unpaired) electrons. The number of ether oxygens (including phenoxy) is 1. The number of aromatic amines is 1. The van der Waals surface area contributed by atoms with Crippen molar-refractivity contribution in [2.75, 3.05) is 0 Å². The van der Waals surface area contributed by atoms with Gasteiger partial charge in [0, 0.05) is 5.56 Å². The summed E-state index contributed by atoms with van der Waals surface area (Å²) in [5.74, 6) is 1.28. The molecule has 0 amide bonds. The Hall–Kier alpha value is -1.73. The first-order chi connectivity index (χ1) is 10.2. The highest BCUT2D eigenvalue weighted by Crippen LogP contribution is 2.37. The van der Waals surface area contributed by atoms with Crippen LogP contribution >= 0.6 is 31.9 Å². The quantitative estimate of drug-likeness (QED) is 0.707. The van der Waals surface area contributed by atoms with Crippen molar-refractivity contribution < 1.29 is 4.74 Å². The Morgan fingerprint density at radius 2 is 1.76 bits per heavy atom. The summed E-state index contributed by atoms with van der Waals surface area (Å²) < 4.78 is 7.52. The molecule has 0 unspecified atom stereocenters.